The molecular formula is C17H17F2N3O2. The fraction of sp³-hybridized carbons (Fsp3) is 0.176. The number of halogens is 2. The quantitative estimate of drug-likeness (QED) is 0.761. The molecule has 2 amide bonds. The van der Waals surface area contributed by atoms with Gasteiger partial charge in [-0.25, -0.2) is 8.78 Å². The van der Waals surface area contributed by atoms with E-state index < -0.39 is 17.5 Å². The van der Waals surface area contributed by atoms with Gasteiger partial charge in [-0.05, 0) is 37.3 Å². The second kappa shape index (κ2) is 8.05. The van der Waals surface area contributed by atoms with Crippen LogP contribution >= 0.6 is 0 Å². The maximum absolute atomic E-state index is 13.1. The van der Waals surface area contributed by atoms with Crippen LogP contribution in [0.25, 0.3) is 0 Å². The molecule has 0 heterocycles. The van der Waals surface area contributed by atoms with Crippen molar-refractivity contribution in [3.63, 3.8) is 0 Å². The number of hydrogen-bond acceptors (Lipinski definition) is 3. The Kier molecular flexibility index (Phi) is 5.83. The Morgan fingerprint density at radius 1 is 1.00 bits per heavy atom. The Balaban J connectivity index is 1.94. The topological polar surface area (TPSA) is 70.2 Å². The number of anilines is 2. The Morgan fingerprint density at radius 2 is 1.71 bits per heavy atom. The van der Waals surface area contributed by atoms with Crippen LogP contribution in [-0.2, 0) is 4.79 Å². The van der Waals surface area contributed by atoms with E-state index in [4.69, 9.17) is 0 Å². The number of amides is 2. The molecule has 0 aliphatic heterocycles. The number of rotatable bonds is 6. The van der Waals surface area contributed by atoms with Crippen LogP contribution < -0.4 is 16.0 Å². The highest BCUT2D eigenvalue weighted by Crippen LogP contribution is 2.13. The summed E-state index contributed by atoms with van der Waals surface area (Å²) in [7, 11) is 0. The van der Waals surface area contributed by atoms with Gasteiger partial charge in [0, 0.05) is 29.5 Å². The van der Waals surface area contributed by atoms with E-state index in [0.29, 0.717) is 17.8 Å². The van der Waals surface area contributed by atoms with Crippen molar-refractivity contribution >= 4 is 23.2 Å². The first-order valence-corrected chi connectivity index (χ1v) is 7.36. The third-order valence-electron chi connectivity index (χ3n) is 3.06. The number of benzene rings is 2. The molecule has 0 fully saturated rings. The largest absolute Gasteiger partial charge is 0.376 e. The molecule has 0 aliphatic rings. The van der Waals surface area contributed by atoms with E-state index in [1.54, 1.807) is 24.3 Å². The molecular weight excluding hydrogens is 316 g/mol. The smallest absolute Gasteiger partial charge is 0.251 e. The highest BCUT2D eigenvalue weighted by Gasteiger charge is 2.08. The van der Waals surface area contributed by atoms with E-state index >= 15 is 0 Å². The summed E-state index contributed by atoms with van der Waals surface area (Å²) in [5.41, 5.74) is 1.05. The van der Waals surface area contributed by atoms with E-state index in [-0.39, 0.29) is 18.1 Å². The van der Waals surface area contributed by atoms with Gasteiger partial charge in [0.15, 0.2) is 0 Å². The molecule has 0 bridgehead atoms. The second-order valence-electron chi connectivity index (χ2n) is 5.00. The average molecular weight is 333 g/mol. The van der Waals surface area contributed by atoms with Crippen LogP contribution in [0.2, 0.25) is 0 Å². The van der Waals surface area contributed by atoms with Gasteiger partial charge in [-0.15, -0.1) is 0 Å². The summed E-state index contributed by atoms with van der Waals surface area (Å²) < 4.78 is 26.1. The van der Waals surface area contributed by atoms with E-state index in [9.17, 15) is 18.4 Å². The first-order valence-electron chi connectivity index (χ1n) is 7.36. The van der Waals surface area contributed by atoms with Crippen molar-refractivity contribution in [1.82, 2.24) is 5.32 Å². The van der Waals surface area contributed by atoms with Crippen molar-refractivity contribution < 1.29 is 18.4 Å². The predicted molar refractivity (Wildman–Crippen MR) is 87.9 cm³/mol. The molecule has 0 spiro atoms. The van der Waals surface area contributed by atoms with Crippen LogP contribution in [0.15, 0.2) is 42.5 Å². The predicted octanol–water partition coefficient (Wildman–Crippen LogP) is 2.77. The minimum absolute atomic E-state index is 0.165. The molecule has 2 aromatic rings. The monoisotopic (exact) mass is 333 g/mol. The van der Waals surface area contributed by atoms with Crippen molar-refractivity contribution in [2.45, 2.75) is 6.92 Å². The van der Waals surface area contributed by atoms with Crippen LogP contribution in [0.1, 0.15) is 17.3 Å². The normalized spacial score (nSPS) is 10.1. The van der Waals surface area contributed by atoms with Gasteiger partial charge in [-0.1, -0.05) is 6.07 Å². The van der Waals surface area contributed by atoms with Crippen molar-refractivity contribution in [2.24, 2.45) is 0 Å². The summed E-state index contributed by atoms with van der Waals surface area (Å²) in [6.07, 6.45) is 0. The molecule has 0 saturated heterocycles. The maximum Gasteiger partial charge on any atom is 0.251 e. The van der Waals surface area contributed by atoms with Gasteiger partial charge in [0.2, 0.25) is 5.91 Å². The number of carbonyl (C=O) groups excluding carboxylic acids is 2. The Bertz CT molecular complexity index is 730. The molecule has 0 saturated carbocycles. The molecule has 24 heavy (non-hydrogen) atoms. The van der Waals surface area contributed by atoms with E-state index in [1.807, 2.05) is 6.92 Å². The third kappa shape index (κ3) is 5.05. The van der Waals surface area contributed by atoms with Crippen LogP contribution in [0.5, 0.6) is 0 Å². The molecule has 0 aromatic heterocycles. The van der Waals surface area contributed by atoms with Crippen molar-refractivity contribution in [2.75, 3.05) is 23.7 Å². The summed E-state index contributed by atoms with van der Waals surface area (Å²) in [5, 5.41) is 7.91. The zero-order valence-electron chi connectivity index (χ0n) is 13.0. The zero-order chi connectivity index (χ0) is 17.5. The van der Waals surface area contributed by atoms with Gasteiger partial charge in [-0.3, -0.25) is 9.59 Å². The second-order valence-corrected chi connectivity index (χ2v) is 5.00. The number of hydrogen-bond donors (Lipinski definition) is 3. The zero-order valence-corrected chi connectivity index (χ0v) is 13.0. The lowest BCUT2D eigenvalue weighted by Gasteiger charge is -2.09. The molecule has 3 N–H and O–H groups in total. The summed E-state index contributed by atoms with van der Waals surface area (Å²) >= 11 is 0. The summed E-state index contributed by atoms with van der Waals surface area (Å²) in [6, 6.07) is 9.40. The standard InChI is InChI=1S/C17H17F2N3O2/c1-2-20-17(24)11-4-3-5-14(6-11)22-16(23)10-21-15-8-12(18)7-13(19)9-15/h3-9,21H,2,10H2,1H3,(H,20,24)(H,22,23). The first-order chi connectivity index (χ1) is 11.5. The van der Waals surface area contributed by atoms with Crippen molar-refractivity contribution in [3.05, 3.63) is 59.7 Å². The maximum atomic E-state index is 13.1. The summed E-state index contributed by atoms with van der Waals surface area (Å²) in [4.78, 5) is 23.7. The Hall–Kier alpha value is -2.96. The molecule has 5 nitrogen and oxygen atoms in total. The van der Waals surface area contributed by atoms with E-state index in [1.165, 1.54) is 0 Å². The van der Waals surface area contributed by atoms with Gasteiger partial charge in [-0.2, -0.15) is 0 Å². The highest BCUT2D eigenvalue weighted by atomic mass is 19.1. The van der Waals surface area contributed by atoms with Crippen LogP contribution in [-0.4, -0.2) is 24.9 Å². The molecule has 0 aliphatic carbocycles. The van der Waals surface area contributed by atoms with Crippen LogP contribution in [0, 0.1) is 11.6 Å². The van der Waals surface area contributed by atoms with Gasteiger partial charge in [0.1, 0.15) is 11.6 Å². The van der Waals surface area contributed by atoms with Gasteiger partial charge in [0.05, 0.1) is 6.54 Å². The Labute approximate surface area is 138 Å². The molecule has 0 atom stereocenters. The first kappa shape index (κ1) is 17.4. The Morgan fingerprint density at radius 3 is 2.38 bits per heavy atom. The third-order valence-corrected chi connectivity index (χ3v) is 3.06. The fourth-order valence-electron chi connectivity index (χ4n) is 2.04. The molecule has 0 unspecified atom stereocenters. The van der Waals surface area contributed by atoms with Crippen molar-refractivity contribution in [1.29, 1.82) is 0 Å². The van der Waals surface area contributed by atoms with Crippen molar-refractivity contribution in [3.8, 4) is 0 Å². The lowest BCUT2D eigenvalue weighted by Crippen LogP contribution is -2.24. The molecule has 126 valence electrons. The molecule has 2 rings (SSSR count). The van der Waals surface area contributed by atoms with Gasteiger partial charge < -0.3 is 16.0 Å². The fourth-order valence-corrected chi connectivity index (χ4v) is 2.04. The lowest BCUT2D eigenvalue weighted by molar-refractivity contribution is -0.114. The van der Waals surface area contributed by atoms with Crippen LogP contribution in [0.4, 0.5) is 20.2 Å². The van der Waals surface area contributed by atoms with E-state index in [2.05, 4.69) is 16.0 Å². The SMILES string of the molecule is CCNC(=O)c1cccc(NC(=O)CNc2cc(F)cc(F)c2)c1. The average Bonchev–Trinajstić information content (AvgIpc) is 2.52. The minimum atomic E-state index is -0.729. The molecule has 7 heteroatoms. The highest BCUT2D eigenvalue weighted by molar-refractivity contribution is 5.98. The number of carbonyl (C=O) groups is 2. The molecule has 0 radical (unpaired) electrons. The summed E-state index contributed by atoms with van der Waals surface area (Å²) in [6.45, 7) is 2.14. The summed E-state index contributed by atoms with van der Waals surface area (Å²) in [5.74, 6) is -2.10. The van der Waals surface area contributed by atoms with Crippen LogP contribution in [0.3, 0.4) is 0 Å². The lowest BCUT2D eigenvalue weighted by atomic mass is 10.2. The molecule has 2 aromatic carbocycles. The van der Waals surface area contributed by atoms with Gasteiger partial charge in [0.25, 0.3) is 5.91 Å². The number of nitrogens with one attached hydrogen (secondary N) is 3. The van der Waals surface area contributed by atoms with Gasteiger partial charge >= 0.3 is 0 Å². The minimum Gasteiger partial charge on any atom is -0.376 e. The van der Waals surface area contributed by atoms with E-state index in [0.717, 1.165) is 18.2 Å².